The maximum Gasteiger partial charge on any atom is 0.406 e. The smallest absolute Gasteiger partial charge is 0.406 e. The summed E-state index contributed by atoms with van der Waals surface area (Å²) in [6.07, 6.45) is -0.128. The predicted molar refractivity (Wildman–Crippen MR) is 105 cm³/mol. The molecule has 3 rings (SSSR count). The average Bonchev–Trinajstić information content (AvgIpc) is 3.07. The molecule has 2 heterocycles. The quantitative estimate of drug-likeness (QED) is 0.363. The summed E-state index contributed by atoms with van der Waals surface area (Å²) in [5.41, 5.74) is 1.01. The summed E-state index contributed by atoms with van der Waals surface area (Å²) >= 11 is 1.29. The van der Waals surface area contributed by atoms with Crippen molar-refractivity contribution in [1.82, 2.24) is 14.9 Å². The van der Waals surface area contributed by atoms with E-state index in [2.05, 4.69) is 9.97 Å². The number of furan rings is 1. The molecule has 0 saturated heterocycles. The minimum Gasteiger partial charge on any atom is -0.451 e. The number of alkyl halides is 3. The number of rotatable bonds is 8. The van der Waals surface area contributed by atoms with E-state index in [0.717, 1.165) is 4.90 Å². The summed E-state index contributed by atoms with van der Waals surface area (Å²) in [4.78, 5) is 22.1. The molecule has 0 bridgehead atoms. The van der Waals surface area contributed by atoms with Gasteiger partial charge in [0.05, 0.1) is 0 Å². The standard InChI is InChI=1S/C20H20F3N3O2S/c1-2-3-11-26(13-20(21,22)23)18(27)17-15(12-29-19-24-9-6-10-25-19)14-7-4-5-8-16(14)28-17/h4-10H,2-3,11-13H2,1H3. The molecule has 3 aromatic rings. The summed E-state index contributed by atoms with van der Waals surface area (Å²) in [6, 6.07) is 8.72. The fourth-order valence-electron chi connectivity index (χ4n) is 2.87. The van der Waals surface area contributed by atoms with Crippen LogP contribution in [-0.4, -0.2) is 40.0 Å². The third-order valence-electron chi connectivity index (χ3n) is 4.22. The van der Waals surface area contributed by atoms with Crippen LogP contribution >= 0.6 is 11.8 Å². The molecule has 1 amide bonds. The second-order valence-corrected chi connectivity index (χ2v) is 7.36. The summed E-state index contributed by atoms with van der Waals surface area (Å²) in [6.45, 7) is 0.566. The predicted octanol–water partition coefficient (Wildman–Crippen LogP) is 5.32. The zero-order chi connectivity index (χ0) is 20.9. The minimum absolute atomic E-state index is 0.0142. The highest BCUT2D eigenvalue weighted by Gasteiger charge is 2.35. The van der Waals surface area contributed by atoms with Gasteiger partial charge in [-0.25, -0.2) is 9.97 Å². The first-order valence-electron chi connectivity index (χ1n) is 9.15. The number of carbonyl (C=O) groups excluding carboxylic acids is 1. The van der Waals surface area contributed by atoms with Crippen LogP contribution in [0.4, 0.5) is 13.2 Å². The van der Waals surface area contributed by atoms with E-state index in [-0.39, 0.29) is 12.3 Å². The molecule has 0 saturated carbocycles. The first-order valence-corrected chi connectivity index (χ1v) is 10.1. The second-order valence-electron chi connectivity index (χ2n) is 6.42. The molecule has 0 aliphatic carbocycles. The maximum atomic E-state index is 13.0. The number of carbonyl (C=O) groups is 1. The normalized spacial score (nSPS) is 11.7. The van der Waals surface area contributed by atoms with Crippen molar-refractivity contribution in [3.8, 4) is 0 Å². The number of para-hydroxylation sites is 1. The van der Waals surface area contributed by atoms with Gasteiger partial charge in [0.1, 0.15) is 12.1 Å². The highest BCUT2D eigenvalue weighted by Crippen LogP contribution is 2.32. The Bertz CT molecular complexity index is 961. The van der Waals surface area contributed by atoms with E-state index in [1.807, 2.05) is 6.92 Å². The van der Waals surface area contributed by atoms with E-state index >= 15 is 0 Å². The second kappa shape index (κ2) is 9.30. The SMILES string of the molecule is CCCCN(CC(F)(F)F)C(=O)c1oc2ccccc2c1CSc1ncccn1. The van der Waals surface area contributed by atoms with E-state index < -0.39 is 18.6 Å². The molecule has 29 heavy (non-hydrogen) atoms. The number of hydrogen-bond acceptors (Lipinski definition) is 5. The van der Waals surface area contributed by atoms with Crippen LogP contribution in [-0.2, 0) is 5.75 Å². The Morgan fingerprint density at radius 2 is 1.90 bits per heavy atom. The average molecular weight is 423 g/mol. The number of hydrogen-bond donors (Lipinski definition) is 0. The molecule has 1 aromatic carbocycles. The Balaban J connectivity index is 1.94. The summed E-state index contributed by atoms with van der Waals surface area (Å²) < 4.78 is 44.8. The van der Waals surface area contributed by atoms with E-state index in [1.54, 1.807) is 42.7 Å². The van der Waals surface area contributed by atoms with Crippen molar-refractivity contribution in [2.75, 3.05) is 13.1 Å². The first kappa shape index (κ1) is 21.2. The van der Waals surface area contributed by atoms with Gasteiger partial charge in [0.2, 0.25) is 0 Å². The van der Waals surface area contributed by atoms with Crippen LogP contribution in [0.2, 0.25) is 0 Å². The van der Waals surface area contributed by atoms with Crippen molar-refractivity contribution in [3.05, 3.63) is 54.0 Å². The van der Waals surface area contributed by atoms with Crippen LogP contribution in [0.1, 0.15) is 35.9 Å². The Morgan fingerprint density at radius 3 is 2.59 bits per heavy atom. The van der Waals surface area contributed by atoms with E-state index in [4.69, 9.17) is 4.42 Å². The Labute approximate surface area is 170 Å². The lowest BCUT2D eigenvalue weighted by molar-refractivity contribution is -0.141. The largest absolute Gasteiger partial charge is 0.451 e. The topological polar surface area (TPSA) is 59.2 Å². The molecule has 5 nitrogen and oxygen atoms in total. The zero-order valence-corrected chi connectivity index (χ0v) is 16.6. The monoisotopic (exact) mass is 423 g/mol. The molecule has 9 heteroatoms. The third-order valence-corrected chi connectivity index (χ3v) is 5.12. The van der Waals surface area contributed by atoms with Crippen LogP contribution in [0, 0.1) is 0 Å². The summed E-state index contributed by atoms with van der Waals surface area (Å²) in [7, 11) is 0. The van der Waals surface area contributed by atoms with Crippen molar-refractivity contribution in [2.24, 2.45) is 0 Å². The van der Waals surface area contributed by atoms with Gasteiger partial charge in [-0.2, -0.15) is 13.2 Å². The van der Waals surface area contributed by atoms with E-state index in [9.17, 15) is 18.0 Å². The molecule has 0 spiro atoms. The number of thioether (sulfide) groups is 1. The molecule has 0 N–H and O–H groups in total. The van der Waals surface area contributed by atoms with Gasteiger partial charge < -0.3 is 9.32 Å². The van der Waals surface area contributed by atoms with Gasteiger partial charge in [-0.3, -0.25) is 4.79 Å². The Morgan fingerprint density at radius 1 is 1.17 bits per heavy atom. The van der Waals surface area contributed by atoms with Crippen LogP contribution in [0.5, 0.6) is 0 Å². The van der Waals surface area contributed by atoms with Gasteiger partial charge in [0, 0.05) is 35.6 Å². The fourth-order valence-corrected chi connectivity index (χ4v) is 3.70. The van der Waals surface area contributed by atoms with Crippen molar-refractivity contribution in [3.63, 3.8) is 0 Å². The molecule has 154 valence electrons. The molecular weight excluding hydrogens is 403 g/mol. The number of fused-ring (bicyclic) bond motifs is 1. The molecule has 0 radical (unpaired) electrons. The van der Waals surface area contributed by atoms with Gasteiger partial charge in [-0.15, -0.1) is 0 Å². The lowest BCUT2D eigenvalue weighted by Gasteiger charge is -2.23. The van der Waals surface area contributed by atoms with E-state index in [0.29, 0.717) is 40.3 Å². The number of aromatic nitrogens is 2. The Hall–Kier alpha value is -2.55. The minimum atomic E-state index is -4.48. The number of unbranched alkanes of at least 4 members (excludes halogenated alkanes) is 1. The van der Waals surface area contributed by atoms with Gasteiger partial charge in [-0.1, -0.05) is 43.3 Å². The first-order chi connectivity index (χ1) is 13.9. The van der Waals surface area contributed by atoms with Gasteiger partial charge in [0.15, 0.2) is 10.9 Å². The summed E-state index contributed by atoms with van der Waals surface area (Å²) in [5.74, 6) is -0.512. The fraction of sp³-hybridized carbons (Fsp3) is 0.350. The van der Waals surface area contributed by atoms with E-state index in [1.165, 1.54) is 11.8 Å². The molecule has 0 atom stereocenters. The van der Waals surface area contributed by atoms with Crippen molar-refractivity contribution >= 4 is 28.6 Å². The van der Waals surface area contributed by atoms with Crippen molar-refractivity contribution in [1.29, 1.82) is 0 Å². The van der Waals surface area contributed by atoms with Crippen LogP contribution < -0.4 is 0 Å². The van der Waals surface area contributed by atoms with Crippen LogP contribution in [0.25, 0.3) is 11.0 Å². The highest BCUT2D eigenvalue weighted by atomic mass is 32.2. The van der Waals surface area contributed by atoms with Gasteiger partial charge in [0.25, 0.3) is 5.91 Å². The molecular formula is C20H20F3N3O2S. The molecule has 0 unspecified atom stereocenters. The molecule has 0 fully saturated rings. The Kier molecular flexibility index (Phi) is 6.79. The maximum absolute atomic E-state index is 13.0. The number of nitrogens with zero attached hydrogens (tertiary/aromatic N) is 3. The lowest BCUT2D eigenvalue weighted by atomic mass is 10.1. The summed E-state index contributed by atoms with van der Waals surface area (Å²) in [5, 5.41) is 1.20. The lowest BCUT2D eigenvalue weighted by Crippen LogP contribution is -2.39. The number of halogens is 3. The van der Waals surface area contributed by atoms with Gasteiger partial charge >= 0.3 is 6.18 Å². The zero-order valence-electron chi connectivity index (χ0n) is 15.8. The highest BCUT2D eigenvalue weighted by molar-refractivity contribution is 7.98. The molecule has 2 aromatic heterocycles. The molecule has 0 aliphatic rings. The van der Waals surface area contributed by atoms with Crippen LogP contribution in [0.15, 0.2) is 52.3 Å². The van der Waals surface area contributed by atoms with Crippen molar-refractivity contribution < 1.29 is 22.4 Å². The molecule has 0 aliphatic heterocycles. The number of amides is 1. The van der Waals surface area contributed by atoms with Gasteiger partial charge in [-0.05, 0) is 18.6 Å². The van der Waals surface area contributed by atoms with Crippen LogP contribution in [0.3, 0.4) is 0 Å². The number of benzene rings is 1. The van der Waals surface area contributed by atoms with Crippen molar-refractivity contribution in [2.45, 2.75) is 36.9 Å². The third kappa shape index (κ3) is 5.50.